The van der Waals surface area contributed by atoms with Crippen molar-refractivity contribution < 1.29 is 9.59 Å². The third kappa shape index (κ3) is 1.43. The van der Waals surface area contributed by atoms with E-state index in [2.05, 4.69) is 0 Å². The molecule has 1 aromatic carbocycles. The number of hydrogen-bond donors (Lipinski definition) is 0. The molecule has 0 radical (unpaired) electrons. The van der Waals surface area contributed by atoms with E-state index in [1.165, 1.54) is 6.42 Å². The highest BCUT2D eigenvalue weighted by molar-refractivity contribution is 6.18. The summed E-state index contributed by atoms with van der Waals surface area (Å²) in [5, 5.41) is 3.55. The Balaban J connectivity index is 1.74. The fourth-order valence-electron chi connectivity index (χ4n) is 4.43. The predicted molar refractivity (Wildman–Crippen MR) is 82.7 cm³/mol. The van der Waals surface area contributed by atoms with Gasteiger partial charge >= 0.3 is 0 Å². The average Bonchev–Trinajstić information content (AvgIpc) is 3.08. The van der Waals surface area contributed by atoms with Gasteiger partial charge in [0.25, 0.3) is 11.8 Å². The van der Waals surface area contributed by atoms with E-state index in [1.807, 2.05) is 38.1 Å². The molecule has 0 aromatic heterocycles. The Morgan fingerprint density at radius 1 is 0.955 bits per heavy atom. The third-order valence-corrected chi connectivity index (χ3v) is 5.79. The van der Waals surface area contributed by atoms with Crippen molar-refractivity contribution >= 4 is 11.8 Å². The number of fused-ring (bicyclic) bond motifs is 3. The molecule has 1 aromatic rings. The summed E-state index contributed by atoms with van der Waals surface area (Å²) in [6, 6.07) is 7.85. The smallest absolute Gasteiger partial charge is 0.263 e. The quantitative estimate of drug-likeness (QED) is 0.622. The number of aryl methyl sites for hydroxylation is 1. The Labute approximate surface area is 131 Å². The predicted octanol–water partition coefficient (Wildman–Crippen LogP) is 2.90. The van der Waals surface area contributed by atoms with Crippen molar-refractivity contribution in [1.29, 1.82) is 0 Å². The van der Waals surface area contributed by atoms with E-state index >= 15 is 0 Å². The van der Waals surface area contributed by atoms with Crippen LogP contribution in [0.4, 0.5) is 0 Å². The van der Waals surface area contributed by atoms with Gasteiger partial charge in [0.05, 0.1) is 0 Å². The fourth-order valence-corrected chi connectivity index (χ4v) is 4.43. The van der Waals surface area contributed by atoms with Gasteiger partial charge in [0.2, 0.25) is 0 Å². The van der Waals surface area contributed by atoms with Crippen LogP contribution in [0.1, 0.15) is 56.6 Å². The monoisotopic (exact) mass is 298 g/mol. The van der Waals surface area contributed by atoms with Gasteiger partial charge in [0.15, 0.2) is 11.1 Å². The molecule has 1 spiro atoms. The van der Waals surface area contributed by atoms with E-state index in [1.54, 1.807) is 10.0 Å². The number of nitrogens with zero attached hydrogens (tertiary/aromatic N) is 2. The van der Waals surface area contributed by atoms with E-state index in [0.717, 1.165) is 36.8 Å². The molecule has 4 heteroatoms. The Bertz CT molecular complexity index is 620. The Hall–Kier alpha value is -1.84. The Morgan fingerprint density at radius 2 is 1.50 bits per heavy atom. The molecule has 1 saturated carbocycles. The molecule has 2 aliphatic heterocycles. The minimum Gasteiger partial charge on any atom is -0.271 e. The van der Waals surface area contributed by atoms with Crippen LogP contribution >= 0.6 is 0 Å². The molecule has 3 aliphatic rings. The molecule has 1 aliphatic carbocycles. The molecule has 4 nitrogen and oxygen atoms in total. The van der Waals surface area contributed by atoms with E-state index in [0.29, 0.717) is 6.42 Å². The lowest BCUT2D eigenvalue weighted by molar-refractivity contribution is -0.137. The summed E-state index contributed by atoms with van der Waals surface area (Å²) in [6.07, 6.45) is 5.84. The molecule has 2 heterocycles. The van der Waals surface area contributed by atoms with E-state index < -0.39 is 5.41 Å². The number of benzene rings is 1. The second-order valence-electron chi connectivity index (χ2n) is 6.90. The molecule has 0 bridgehead atoms. The largest absolute Gasteiger partial charge is 0.271 e. The van der Waals surface area contributed by atoms with Crippen LogP contribution in [0.25, 0.3) is 0 Å². The second-order valence-corrected chi connectivity index (χ2v) is 6.90. The van der Waals surface area contributed by atoms with Crippen molar-refractivity contribution in [2.45, 2.75) is 63.5 Å². The van der Waals surface area contributed by atoms with Crippen LogP contribution in [0.15, 0.2) is 24.3 Å². The molecule has 0 atom stereocenters. The average molecular weight is 298 g/mol. The minimum absolute atomic E-state index is 0.00856. The summed E-state index contributed by atoms with van der Waals surface area (Å²) in [7, 11) is 0. The topological polar surface area (TPSA) is 40.2 Å². The maximum atomic E-state index is 13.1. The van der Waals surface area contributed by atoms with Crippen LogP contribution in [0.5, 0.6) is 0 Å². The van der Waals surface area contributed by atoms with Crippen molar-refractivity contribution in [2.24, 2.45) is 0 Å². The van der Waals surface area contributed by atoms with Crippen LogP contribution < -0.4 is 0 Å². The number of carbonyl (C=O) groups excluding carboxylic acids is 2. The van der Waals surface area contributed by atoms with Gasteiger partial charge in [-0.2, -0.15) is 0 Å². The minimum atomic E-state index is -0.990. The van der Waals surface area contributed by atoms with Crippen LogP contribution in [0, 0.1) is 6.92 Å². The zero-order valence-electron chi connectivity index (χ0n) is 13.3. The SMILES string of the molecule is CCC1(c2ccc(C)cc2)C(=O)N2N(C1=O)C21CCCCC1. The molecular formula is C18H22N2O2. The summed E-state index contributed by atoms with van der Waals surface area (Å²) in [5.41, 5.74) is 0.725. The first kappa shape index (κ1) is 13.8. The van der Waals surface area contributed by atoms with E-state index in [9.17, 15) is 9.59 Å². The van der Waals surface area contributed by atoms with Gasteiger partial charge in [-0.05, 0) is 44.6 Å². The van der Waals surface area contributed by atoms with Crippen molar-refractivity contribution in [1.82, 2.24) is 10.0 Å². The molecule has 4 rings (SSSR count). The summed E-state index contributed by atoms with van der Waals surface area (Å²) < 4.78 is 0. The van der Waals surface area contributed by atoms with Crippen molar-refractivity contribution in [2.75, 3.05) is 0 Å². The summed E-state index contributed by atoms with van der Waals surface area (Å²) in [5.74, 6) is -0.0171. The van der Waals surface area contributed by atoms with Crippen LogP contribution in [-0.2, 0) is 15.0 Å². The summed E-state index contributed by atoms with van der Waals surface area (Å²) in [4.78, 5) is 26.3. The Morgan fingerprint density at radius 3 is 2.00 bits per heavy atom. The second kappa shape index (κ2) is 4.34. The standard InChI is InChI=1S/C18H22N2O2/c1-3-18(14-9-7-13(2)8-10-14)15(21)19-17(20(19)16(18)22)11-5-4-6-12-17/h7-10H,3-6,11-12H2,1-2H3. The first-order valence-corrected chi connectivity index (χ1v) is 8.34. The van der Waals surface area contributed by atoms with Crippen LogP contribution in [0.3, 0.4) is 0 Å². The van der Waals surface area contributed by atoms with Gasteiger partial charge in [-0.3, -0.25) is 9.59 Å². The maximum absolute atomic E-state index is 13.1. The number of hydrogen-bond acceptors (Lipinski definition) is 2. The highest BCUT2D eigenvalue weighted by Crippen LogP contribution is 2.59. The zero-order valence-corrected chi connectivity index (χ0v) is 13.3. The molecule has 0 N–H and O–H groups in total. The first-order chi connectivity index (χ1) is 10.6. The summed E-state index contributed by atoms with van der Waals surface area (Å²) >= 11 is 0. The van der Waals surface area contributed by atoms with Gasteiger partial charge in [-0.1, -0.05) is 43.2 Å². The molecule has 116 valence electrons. The van der Waals surface area contributed by atoms with Crippen molar-refractivity contribution in [3.8, 4) is 0 Å². The molecule has 2 saturated heterocycles. The lowest BCUT2D eigenvalue weighted by Gasteiger charge is -2.30. The summed E-state index contributed by atoms with van der Waals surface area (Å²) in [6.45, 7) is 3.96. The first-order valence-electron chi connectivity index (χ1n) is 8.34. The molecule has 0 unspecified atom stereocenters. The third-order valence-electron chi connectivity index (χ3n) is 5.79. The lowest BCUT2D eigenvalue weighted by Crippen LogP contribution is -2.48. The van der Waals surface area contributed by atoms with Crippen molar-refractivity contribution in [3.05, 3.63) is 35.4 Å². The van der Waals surface area contributed by atoms with E-state index in [4.69, 9.17) is 0 Å². The molecule has 3 fully saturated rings. The van der Waals surface area contributed by atoms with Crippen LogP contribution in [-0.4, -0.2) is 27.5 Å². The van der Waals surface area contributed by atoms with Gasteiger partial charge < -0.3 is 0 Å². The molecule has 22 heavy (non-hydrogen) atoms. The van der Waals surface area contributed by atoms with Gasteiger partial charge in [0, 0.05) is 0 Å². The lowest BCUT2D eigenvalue weighted by atomic mass is 9.75. The van der Waals surface area contributed by atoms with Gasteiger partial charge in [-0.15, -0.1) is 0 Å². The highest BCUT2D eigenvalue weighted by Gasteiger charge is 2.77. The molecule has 2 amide bonds. The fraction of sp³-hybridized carbons (Fsp3) is 0.556. The van der Waals surface area contributed by atoms with E-state index in [-0.39, 0.29) is 17.5 Å². The maximum Gasteiger partial charge on any atom is 0.263 e. The zero-order chi connectivity index (χ0) is 15.5. The number of rotatable bonds is 2. The normalized spacial score (nSPS) is 24.8. The highest BCUT2D eigenvalue weighted by atomic mass is 16.2. The number of carbonyl (C=O) groups is 2. The number of amides is 2. The van der Waals surface area contributed by atoms with Crippen molar-refractivity contribution in [3.63, 3.8) is 0 Å². The van der Waals surface area contributed by atoms with Gasteiger partial charge in [0.1, 0.15) is 0 Å². The molecular weight excluding hydrogens is 276 g/mol. The number of hydrazine groups is 1. The van der Waals surface area contributed by atoms with Crippen LogP contribution in [0.2, 0.25) is 0 Å². The Kier molecular flexibility index (Phi) is 2.72. The van der Waals surface area contributed by atoms with Gasteiger partial charge in [-0.25, -0.2) is 10.0 Å².